The number of carbonyl (C=O) groups excluding carboxylic acids is 1. The highest BCUT2D eigenvalue weighted by Gasteiger charge is 2.32. The van der Waals surface area contributed by atoms with Gasteiger partial charge in [0.25, 0.3) is 0 Å². The van der Waals surface area contributed by atoms with E-state index >= 15 is 0 Å². The number of nitrogens with two attached hydrogens (primary N) is 2. The lowest BCUT2D eigenvalue weighted by Gasteiger charge is -2.37. The minimum atomic E-state index is -0.404. The van der Waals surface area contributed by atoms with Crippen LogP contribution in [0.4, 0.5) is 4.39 Å². The molecule has 2 aromatic heterocycles. The standard InChI is InChI=1S/C29H36FN7O2/c1-20-3-2-4-27(33-20)37-26-17-23(30)5-6-25(26)36(29(37)39)24-10-15-35(16-11-24)28(38)22-8-13-34(14-9-22)19-21(18-32)7-12-31/h2-7,12,17-18,22,24H,8-11,13-16,19,31-32H2,1H3. The number of fused-ring (bicyclic) bond motifs is 1. The zero-order chi connectivity index (χ0) is 27.5. The SMILES string of the molecule is Cc1cccc(-n2c(=O)n(C3CCN(C(=O)C4CCN(CC(C=CN)=CN)CC4)CC3)c3ccc(F)cc32)n1. The lowest BCUT2D eigenvalue weighted by Crippen LogP contribution is -2.46. The van der Waals surface area contributed by atoms with Gasteiger partial charge in [-0.2, -0.15) is 0 Å². The second kappa shape index (κ2) is 11.4. The molecule has 1 aromatic carbocycles. The molecule has 10 heteroatoms. The number of nitrogens with zero attached hydrogens (tertiary/aromatic N) is 5. The number of rotatable bonds is 6. The summed E-state index contributed by atoms with van der Waals surface area (Å²) in [6.45, 7) is 5.43. The Bertz CT molecular complexity index is 1460. The molecule has 0 atom stereocenters. The van der Waals surface area contributed by atoms with E-state index in [9.17, 15) is 14.0 Å². The van der Waals surface area contributed by atoms with Gasteiger partial charge in [0.1, 0.15) is 11.6 Å². The summed E-state index contributed by atoms with van der Waals surface area (Å²) in [6.07, 6.45) is 7.81. The minimum Gasteiger partial charge on any atom is -0.405 e. The summed E-state index contributed by atoms with van der Waals surface area (Å²) >= 11 is 0. The van der Waals surface area contributed by atoms with Gasteiger partial charge in [-0.3, -0.25) is 14.3 Å². The number of aryl methyl sites for hydroxylation is 1. The molecule has 2 aliphatic heterocycles. The summed E-state index contributed by atoms with van der Waals surface area (Å²) in [5.41, 5.74) is 13.9. The number of amides is 1. The highest BCUT2D eigenvalue weighted by molar-refractivity contribution is 5.79. The summed E-state index contributed by atoms with van der Waals surface area (Å²) in [4.78, 5) is 35.8. The van der Waals surface area contributed by atoms with Gasteiger partial charge in [-0.05, 0) is 94.0 Å². The molecule has 206 valence electrons. The number of piperidine rings is 2. The molecule has 5 rings (SSSR count). The molecule has 0 unspecified atom stereocenters. The molecular weight excluding hydrogens is 497 g/mol. The summed E-state index contributed by atoms with van der Waals surface area (Å²) in [6, 6.07) is 9.82. The van der Waals surface area contributed by atoms with Gasteiger partial charge in [-0.25, -0.2) is 18.7 Å². The highest BCUT2D eigenvalue weighted by atomic mass is 19.1. The van der Waals surface area contributed by atoms with Crippen molar-refractivity contribution in [2.45, 2.75) is 38.6 Å². The van der Waals surface area contributed by atoms with Gasteiger partial charge in [0.2, 0.25) is 5.91 Å². The maximum Gasteiger partial charge on any atom is 0.335 e. The van der Waals surface area contributed by atoms with Crippen LogP contribution in [0.2, 0.25) is 0 Å². The first-order valence-electron chi connectivity index (χ1n) is 13.6. The van der Waals surface area contributed by atoms with E-state index in [1.807, 2.05) is 24.0 Å². The summed E-state index contributed by atoms with van der Waals surface area (Å²) < 4.78 is 17.5. The second-order valence-electron chi connectivity index (χ2n) is 10.5. The van der Waals surface area contributed by atoms with E-state index < -0.39 is 5.82 Å². The fourth-order valence-corrected chi connectivity index (χ4v) is 5.90. The number of pyridine rings is 1. The molecular formula is C29H36FN7O2. The Hall–Kier alpha value is -3.92. The van der Waals surface area contributed by atoms with Crippen LogP contribution in [0.3, 0.4) is 0 Å². The summed E-state index contributed by atoms with van der Waals surface area (Å²) in [7, 11) is 0. The topological polar surface area (TPSA) is 115 Å². The molecule has 0 saturated carbocycles. The quantitative estimate of drug-likeness (QED) is 0.471. The molecule has 2 aliphatic rings. The Morgan fingerprint density at radius 1 is 1.05 bits per heavy atom. The maximum absolute atomic E-state index is 14.2. The number of carbonyl (C=O) groups is 1. The van der Waals surface area contributed by atoms with Crippen LogP contribution in [0.15, 0.2) is 65.2 Å². The van der Waals surface area contributed by atoms with Crippen LogP contribution in [0.5, 0.6) is 0 Å². The van der Waals surface area contributed by atoms with Crippen molar-refractivity contribution in [1.29, 1.82) is 0 Å². The van der Waals surface area contributed by atoms with E-state index in [4.69, 9.17) is 11.5 Å². The van der Waals surface area contributed by atoms with Crippen molar-refractivity contribution in [1.82, 2.24) is 23.9 Å². The molecule has 2 fully saturated rings. The van der Waals surface area contributed by atoms with E-state index in [2.05, 4.69) is 9.88 Å². The molecule has 1 amide bonds. The fraction of sp³-hybridized carbons (Fsp3) is 0.414. The van der Waals surface area contributed by atoms with Crippen molar-refractivity contribution in [3.63, 3.8) is 0 Å². The van der Waals surface area contributed by atoms with E-state index in [0.717, 1.165) is 43.7 Å². The van der Waals surface area contributed by atoms with E-state index in [-0.39, 0.29) is 23.6 Å². The van der Waals surface area contributed by atoms with Crippen LogP contribution < -0.4 is 17.2 Å². The average Bonchev–Trinajstić information content (AvgIpc) is 3.23. The number of halogens is 1. The Labute approximate surface area is 227 Å². The Balaban J connectivity index is 1.28. The van der Waals surface area contributed by atoms with Gasteiger partial charge >= 0.3 is 5.69 Å². The van der Waals surface area contributed by atoms with E-state index in [1.54, 1.807) is 29.0 Å². The lowest BCUT2D eigenvalue weighted by molar-refractivity contribution is -0.138. The van der Waals surface area contributed by atoms with Gasteiger partial charge in [-0.15, -0.1) is 0 Å². The number of imidazole rings is 1. The number of aromatic nitrogens is 3. The molecule has 0 aliphatic carbocycles. The zero-order valence-corrected chi connectivity index (χ0v) is 22.3. The van der Waals surface area contributed by atoms with Gasteiger partial charge < -0.3 is 16.4 Å². The van der Waals surface area contributed by atoms with Crippen molar-refractivity contribution in [2.75, 3.05) is 32.7 Å². The maximum atomic E-state index is 14.2. The summed E-state index contributed by atoms with van der Waals surface area (Å²) in [5.74, 6) is 0.276. The lowest BCUT2D eigenvalue weighted by atomic mass is 9.93. The molecule has 39 heavy (non-hydrogen) atoms. The third-order valence-corrected chi connectivity index (χ3v) is 7.95. The average molecular weight is 534 g/mol. The first-order valence-corrected chi connectivity index (χ1v) is 13.6. The van der Waals surface area contributed by atoms with Crippen LogP contribution in [0.1, 0.15) is 37.4 Å². The Morgan fingerprint density at radius 3 is 2.46 bits per heavy atom. The van der Waals surface area contributed by atoms with Gasteiger partial charge in [-0.1, -0.05) is 6.07 Å². The Kier molecular flexibility index (Phi) is 7.83. The molecule has 4 N–H and O–H groups in total. The van der Waals surface area contributed by atoms with E-state index in [0.29, 0.717) is 42.8 Å². The molecule has 0 radical (unpaired) electrons. The van der Waals surface area contributed by atoms with Crippen molar-refractivity contribution >= 4 is 16.9 Å². The Morgan fingerprint density at radius 2 is 1.79 bits per heavy atom. The summed E-state index contributed by atoms with van der Waals surface area (Å²) in [5, 5.41) is 0. The predicted molar refractivity (Wildman–Crippen MR) is 150 cm³/mol. The molecule has 2 saturated heterocycles. The number of benzene rings is 1. The normalized spacial score (nSPS) is 18.4. The van der Waals surface area contributed by atoms with Crippen LogP contribution in [0.25, 0.3) is 16.9 Å². The zero-order valence-electron chi connectivity index (χ0n) is 22.3. The minimum absolute atomic E-state index is 0.00756. The third-order valence-electron chi connectivity index (χ3n) is 7.95. The monoisotopic (exact) mass is 533 g/mol. The fourth-order valence-electron chi connectivity index (χ4n) is 5.90. The van der Waals surface area contributed by atoms with Crippen molar-refractivity contribution in [3.8, 4) is 5.82 Å². The largest absolute Gasteiger partial charge is 0.405 e. The number of hydrogen-bond donors (Lipinski definition) is 2. The first kappa shape index (κ1) is 26.7. The molecule has 3 aromatic rings. The van der Waals surface area contributed by atoms with Crippen LogP contribution >= 0.6 is 0 Å². The number of hydrogen-bond acceptors (Lipinski definition) is 6. The van der Waals surface area contributed by atoms with Crippen LogP contribution in [-0.2, 0) is 4.79 Å². The second-order valence-corrected chi connectivity index (χ2v) is 10.5. The van der Waals surface area contributed by atoms with Crippen molar-refractivity contribution in [3.05, 3.63) is 82.4 Å². The van der Waals surface area contributed by atoms with E-state index in [1.165, 1.54) is 22.9 Å². The smallest absolute Gasteiger partial charge is 0.335 e. The van der Waals surface area contributed by atoms with Gasteiger partial charge in [0.15, 0.2) is 0 Å². The van der Waals surface area contributed by atoms with Gasteiger partial charge in [0.05, 0.1) is 11.0 Å². The molecule has 0 spiro atoms. The van der Waals surface area contributed by atoms with Crippen LogP contribution in [-0.4, -0.2) is 62.5 Å². The molecule has 4 heterocycles. The third kappa shape index (κ3) is 5.47. The predicted octanol–water partition coefficient (Wildman–Crippen LogP) is 2.83. The molecule has 9 nitrogen and oxygen atoms in total. The van der Waals surface area contributed by atoms with Crippen molar-refractivity contribution < 1.29 is 9.18 Å². The van der Waals surface area contributed by atoms with Gasteiger partial charge in [0, 0.05) is 43.4 Å². The number of likely N-dealkylation sites (tertiary alicyclic amines) is 2. The van der Waals surface area contributed by atoms with Crippen molar-refractivity contribution in [2.24, 2.45) is 17.4 Å². The first-order chi connectivity index (χ1) is 18.9. The van der Waals surface area contributed by atoms with Crippen LogP contribution in [0, 0.1) is 18.7 Å². The highest BCUT2D eigenvalue weighted by Crippen LogP contribution is 2.29. The molecule has 0 bridgehead atoms.